The fourth-order valence-corrected chi connectivity index (χ4v) is 3.25. The molecule has 0 fully saturated rings. The Hall–Kier alpha value is -1.36. The van der Waals surface area contributed by atoms with Crippen molar-refractivity contribution in [1.82, 2.24) is 10.3 Å². The molecular formula is C22H41N3O2. The second kappa shape index (κ2) is 14.7. The number of hydrogen-bond acceptors (Lipinski definition) is 4. The lowest BCUT2D eigenvalue weighted by Crippen LogP contribution is -2.25. The van der Waals surface area contributed by atoms with Gasteiger partial charge in [0, 0.05) is 6.54 Å². The molecule has 0 aromatic carbocycles. The van der Waals surface area contributed by atoms with E-state index in [-0.39, 0.29) is 11.9 Å². The minimum atomic E-state index is -0.252. The quantitative estimate of drug-likeness (QED) is 0.358. The molecule has 5 nitrogen and oxygen atoms in total. The van der Waals surface area contributed by atoms with Gasteiger partial charge in [0.15, 0.2) is 5.69 Å². The lowest BCUT2D eigenvalue weighted by Gasteiger charge is -2.09. The highest BCUT2D eigenvalue weighted by Gasteiger charge is 2.17. The van der Waals surface area contributed by atoms with Crippen LogP contribution in [0.5, 0.6) is 0 Å². The van der Waals surface area contributed by atoms with Crippen LogP contribution >= 0.6 is 0 Å². The molecule has 1 aromatic rings. The molecule has 0 saturated carbocycles. The predicted molar refractivity (Wildman–Crippen MR) is 112 cm³/mol. The van der Waals surface area contributed by atoms with Crippen molar-refractivity contribution in [2.24, 2.45) is 11.7 Å². The van der Waals surface area contributed by atoms with Gasteiger partial charge in [0.2, 0.25) is 5.89 Å². The van der Waals surface area contributed by atoms with Gasteiger partial charge in [0.05, 0.1) is 6.04 Å². The molecule has 5 heteroatoms. The van der Waals surface area contributed by atoms with Gasteiger partial charge in [-0.2, -0.15) is 0 Å². The van der Waals surface area contributed by atoms with Crippen molar-refractivity contribution in [3.8, 4) is 0 Å². The molecule has 0 aliphatic heterocycles. The number of nitrogens with zero attached hydrogens (tertiary/aromatic N) is 1. The van der Waals surface area contributed by atoms with E-state index in [1.165, 1.54) is 70.5 Å². The molecule has 0 aliphatic carbocycles. The van der Waals surface area contributed by atoms with Gasteiger partial charge in [-0.05, 0) is 18.8 Å². The number of nitrogens with one attached hydrogen (secondary N) is 1. The van der Waals surface area contributed by atoms with Crippen molar-refractivity contribution in [2.75, 3.05) is 6.54 Å². The first kappa shape index (κ1) is 23.7. The van der Waals surface area contributed by atoms with Crippen LogP contribution < -0.4 is 11.1 Å². The zero-order chi connectivity index (χ0) is 19.9. The standard InChI is InChI=1S/C22H41N3O2/c1-4-5-6-7-8-9-10-11-12-13-14-15-24-21(26)20-17-27-22(25-20)19(23)16-18(2)3/h17-19H,4-16,23H2,1-3H3,(H,24,26). The van der Waals surface area contributed by atoms with Crippen LogP contribution in [0.4, 0.5) is 0 Å². The Morgan fingerprint density at radius 3 is 2.15 bits per heavy atom. The number of aromatic nitrogens is 1. The first-order chi connectivity index (χ1) is 13.0. The van der Waals surface area contributed by atoms with Crippen LogP contribution in [-0.2, 0) is 0 Å². The Balaban J connectivity index is 2.04. The van der Waals surface area contributed by atoms with Crippen LogP contribution in [0.1, 0.15) is 120 Å². The van der Waals surface area contributed by atoms with E-state index in [9.17, 15) is 4.79 Å². The third-order valence-electron chi connectivity index (χ3n) is 4.86. The summed E-state index contributed by atoms with van der Waals surface area (Å²) in [7, 11) is 0. The monoisotopic (exact) mass is 379 g/mol. The summed E-state index contributed by atoms with van der Waals surface area (Å²) in [4.78, 5) is 16.3. The van der Waals surface area contributed by atoms with Gasteiger partial charge in [-0.1, -0.05) is 85.0 Å². The van der Waals surface area contributed by atoms with Crippen LogP contribution in [0.3, 0.4) is 0 Å². The number of carbonyl (C=O) groups is 1. The van der Waals surface area contributed by atoms with E-state index in [0.717, 1.165) is 12.8 Å². The van der Waals surface area contributed by atoms with Crippen molar-refractivity contribution in [3.63, 3.8) is 0 Å². The summed E-state index contributed by atoms with van der Waals surface area (Å²) in [6.45, 7) is 7.15. The maximum absolute atomic E-state index is 12.1. The molecule has 3 N–H and O–H groups in total. The van der Waals surface area contributed by atoms with Gasteiger partial charge >= 0.3 is 0 Å². The molecule has 1 amide bonds. The van der Waals surface area contributed by atoms with Crippen LogP contribution in [0.25, 0.3) is 0 Å². The van der Waals surface area contributed by atoms with Crippen molar-refractivity contribution in [3.05, 3.63) is 17.8 Å². The van der Waals surface area contributed by atoms with Gasteiger partial charge in [-0.15, -0.1) is 0 Å². The van der Waals surface area contributed by atoms with E-state index >= 15 is 0 Å². The molecule has 156 valence electrons. The molecule has 1 aromatic heterocycles. The summed E-state index contributed by atoms with van der Waals surface area (Å²) in [5.41, 5.74) is 6.37. The highest BCUT2D eigenvalue weighted by Crippen LogP contribution is 2.18. The third kappa shape index (κ3) is 11.2. The maximum atomic E-state index is 12.1. The number of nitrogens with two attached hydrogens (primary N) is 1. The smallest absolute Gasteiger partial charge is 0.273 e. The second-order valence-electron chi connectivity index (χ2n) is 8.10. The van der Waals surface area contributed by atoms with Crippen molar-refractivity contribution in [1.29, 1.82) is 0 Å². The average Bonchev–Trinajstić information content (AvgIpc) is 3.12. The molecule has 1 rings (SSSR count). The van der Waals surface area contributed by atoms with Crippen molar-refractivity contribution < 1.29 is 9.21 Å². The number of oxazole rings is 1. The molecule has 1 unspecified atom stereocenters. The maximum Gasteiger partial charge on any atom is 0.273 e. The van der Waals surface area contributed by atoms with Gasteiger partial charge in [0.1, 0.15) is 6.26 Å². The zero-order valence-corrected chi connectivity index (χ0v) is 17.8. The summed E-state index contributed by atoms with van der Waals surface area (Å²) in [6, 6.07) is -0.252. The van der Waals surface area contributed by atoms with Gasteiger partial charge in [0.25, 0.3) is 5.91 Å². The minimum Gasteiger partial charge on any atom is -0.446 e. The average molecular weight is 380 g/mol. The van der Waals surface area contributed by atoms with Gasteiger partial charge in [-0.25, -0.2) is 4.98 Å². The fourth-order valence-electron chi connectivity index (χ4n) is 3.25. The van der Waals surface area contributed by atoms with Gasteiger partial charge < -0.3 is 15.5 Å². The van der Waals surface area contributed by atoms with E-state index < -0.39 is 0 Å². The van der Waals surface area contributed by atoms with E-state index in [1.54, 1.807) is 0 Å². The number of unbranched alkanes of at least 4 members (excludes halogenated alkanes) is 10. The fraction of sp³-hybridized carbons (Fsp3) is 0.818. The molecule has 0 aliphatic rings. The SMILES string of the molecule is CCCCCCCCCCCCCNC(=O)c1coc(C(N)CC(C)C)n1. The number of hydrogen-bond donors (Lipinski definition) is 2. The lowest BCUT2D eigenvalue weighted by molar-refractivity contribution is 0.0948. The van der Waals surface area contributed by atoms with Crippen LogP contribution in [0, 0.1) is 5.92 Å². The zero-order valence-electron chi connectivity index (χ0n) is 17.8. The first-order valence-corrected chi connectivity index (χ1v) is 11.0. The summed E-state index contributed by atoms with van der Waals surface area (Å²) in [5.74, 6) is 0.739. The normalized spacial score (nSPS) is 12.5. The molecule has 0 bridgehead atoms. The summed E-state index contributed by atoms with van der Waals surface area (Å²) in [5, 5.41) is 2.92. The Kier molecular flexibility index (Phi) is 12.9. The highest BCUT2D eigenvalue weighted by molar-refractivity contribution is 5.91. The Morgan fingerprint density at radius 2 is 1.59 bits per heavy atom. The topological polar surface area (TPSA) is 81.2 Å². The Labute approximate surface area is 165 Å². The van der Waals surface area contributed by atoms with E-state index in [4.69, 9.17) is 10.2 Å². The Bertz CT molecular complexity index is 500. The predicted octanol–water partition coefficient (Wildman–Crippen LogP) is 5.76. The van der Waals surface area contributed by atoms with Gasteiger partial charge in [-0.3, -0.25) is 4.79 Å². The first-order valence-electron chi connectivity index (χ1n) is 11.0. The molecule has 0 radical (unpaired) electrons. The third-order valence-corrected chi connectivity index (χ3v) is 4.86. The van der Waals surface area contributed by atoms with E-state index in [2.05, 4.69) is 31.1 Å². The summed E-state index contributed by atoms with van der Waals surface area (Å²) >= 11 is 0. The van der Waals surface area contributed by atoms with Crippen LogP contribution in [-0.4, -0.2) is 17.4 Å². The number of amides is 1. The Morgan fingerprint density at radius 1 is 1.04 bits per heavy atom. The minimum absolute atomic E-state index is 0.172. The molecule has 1 heterocycles. The van der Waals surface area contributed by atoms with Crippen molar-refractivity contribution in [2.45, 2.75) is 104 Å². The van der Waals surface area contributed by atoms with Crippen LogP contribution in [0.15, 0.2) is 10.7 Å². The molecule has 1 atom stereocenters. The summed E-state index contributed by atoms with van der Waals surface area (Å²) in [6.07, 6.45) is 16.5. The van der Waals surface area contributed by atoms with Crippen molar-refractivity contribution >= 4 is 5.91 Å². The lowest BCUT2D eigenvalue weighted by atomic mass is 10.0. The van der Waals surface area contributed by atoms with E-state index in [1.807, 2.05) is 0 Å². The number of carbonyl (C=O) groups excluding carboxylic acids is 1. The second-order valence-corrected chi connectivity index (χ2v) is 8.10. The largest absolute Gasteiger partial charge is 0.446 e. The van der Waals surface area contributed by atoms with E-state index in [0.29, 0.717) is 24.0 Å². The molecule has 0 spiro atoms. The molecular weight excluding hydrogens is 338 g/mol. The summed E-state index contributed by atoms with van der Waals surface area (Å²) < 4.78 is 5.36. The number of rotatable bonds is 16. The molecule has 27 heavy (non-hydrogen) atoms. The molecule has 0 saturated heterocycles. The van der Waals surface area contributed by atoms with Crippen LogP contribution in [0.2, 0.25) is 0 Å². The highest BCUT2D eigenvalue weighted by atomic mass is 16.3.